The lowest BCUT2D eigenvalue weighted by Crippen LogP contribution is -2.81. The van der Waals surface area contributed by atoms with E-state index in [1.165, 1.54) is 32.9 Å². The second kappa shape index (κ2) is 18.7. The molecule has 4 aliphatic rings. The molecular formula is C48H61NO16. The van der Waals surface area contributed by atoms with Crippen LogP contribution in [-0.4, -0.2) is 124 Å². The van der Waals surface area contributed by atoms with Gasteiger partial charge in [-0.2, -0.15) is 0 Å². The summed E-state index contributed by atoms with van der Waals surface area (Å²) in [7, 11) is 0. The summed E-state index contributed by atoms with van der Waals surface area (Å²) < 4.78 is 42.1. The van der Waals surface area contributed by atoms with E-state index in [4.69, 9.17) is 33.2 Å². The number of nitrogens with one attached hydrogen (secondary N) is 1. The molecule has 1 heterocycles. The Labute approximate surface area is 378 Å². The van der Waals surface area contributed by atoms with E-state index >= 15 is 4.79 Å². The molecule has 0 radical (unpaired) electrons. The van der Waals surface area contributed by atoms with E-state index in [1.54, 1.807) is 83.1 Å². The number of aliphatic hydroxyl groups is 3. The Morgan fingerprint density at radius 2 is 1.62 bits per heavy atom. The number of esters is 3. The van der Waals surface area contributed by atoms with Crippen LogP contribution in [0.4, 0.5) is 4.79 Å². The summed E-state index contributed by atoms with van der Waals surface area (Å²) in [6.45, 7) is 13.3. The van der Waals surface area contributed by atoms with Crippen molar-refractivity contribution in [3.63, 3.8) is 0 Å². The molecule has 2 bridgehead atoms. The van der Waals surface area contributed by atoms with Crippen LogP contribution >= 0.6 is 0 Å². The first-order chi connectivity index (χ1) is 30.4. The molecule has 2 aromatic carbocycles. The molecular weight excluding hydrogens is 847 g/mol. The van der Waals surface area contributed by atoms with Crippen molar-refractivity contribution in [2.45, 2.75) is 147 Å². The lowest BCUT2D eigenvalue weighted by molar-refractivity contribution is -0.346. The Hall–Kier alpha value is -5.04. The number of ether oxygens (including phenoxy) is 7. The number of hydrogen-bond acceptors (Lipinski definition) is 16. The van der Waals surface area contributed by atoms with Crippen LogP contribution in [0.1, 0.15) is 104 Å². The molecule has 3 fully saturated rings. The summed E-state index contributed by atoms with van der Waals surface area (Å²) in [5.41, 5.74) is -8.22. The van der Waals surface area contributed by atoms with Gasteiger partial charge >= 0.3 is 24.0 Å². The summed E-state index contributed by atoms with van der Waals surface area (Å²) >= 11 is 0. The molecule has 354 valence electrons. The van der Waals surface area contributed by atoms with Gasteiger partial charge in [0.25, 0.3) is 0 Å². The average Bonchev–Trinajstić information content (AvgIpc) is 3.23. The van der Waals surface area contributed by atoms with Gasteiger partial charge in [-0.3, -0.25) is 9.59 Å². The number of Topliss-reactive ketones (excluding diaryl/α,β-unsaturated/α-hetero) is 1. The number of hydrogen-bond donors (Lipinski definition) is 4. The molecule has 6 rings (SSSR count). The van der Waals surface area contributed by atoms with Gasteiger partial charge in [0.1, 0.15) is 41.9 Å². The summed E-state index contributed by atoms with van der Waals surface area (Å²) in [5, 5.41) is 40.8. The fourth-order valence-electron chi connectivity index (χ4n) is 10.2. The van der Waals surface area contributed by atoms with E-state index in [9.17, 15) is 39.3 Å². The van der Waals surface area contributed by atoms with Crippen molar-refractivity contribution in [1.29, 1.82) is 0 Å². The number of amides is 1. The van der Waals surface area contributed by atoms with Crippen LogP contribution in [0.25, 0.3) is 0 Å². The topological polar surface area (TPSA) is 240 Å². The van der Waals surface area contributed by atoms with Crippen LogP contribution in [0.3, 0.4) is 0 Å². The fraction of sp³-hybridized carbons (Fsp3) is 0.583. The zero-order valence-corrected chi connectivity index (χ0v) is 38.2. The minimum atomic E-state index is -2.38. The van der Waals surface area contributed by atoms with Gasteiger partial charge < -0.3 is 58.6 Å². The number of rotatable bonds is 14. The van der Waals surface area contributed by atoms with Crippen molar-refractivity contribution in [3.8, 4) is 0 Å². The highest BCUT2D eigenvalue weighted by Gasteiger charge is 2.78. The fourth-order valence-corrected chi connectivity index (χ4v) is 10.2. The smallest absolute Gasteiger partial charge is 0.408 e. The molecule has 17 heteroatoms. The van der Waals surface area contributed by atoms with Crippen LogP contribution in [0.5, 0.6) is 0 Å². The predicted octanol–water partition coefficient (Wildman–Crippen LogP) is 4.24. The zero-order valence-electron chi connectivity index (χ0n) is 38.2. The molecule has 12 atom stereocenters. The molecule has 4 N–H and O–H groups in total. The van der Waals surface area contributed by atoms with Crippen LogP contribution < -0.4 is 5.32 Å². The standard InChI is InChI=1S/C48H61NO16/c1-26-31(62-42(56)37(61-28(3)59-22-16-21-50)35(29-17-12-10-13-18-29)49-43(57)65-44(4,5)6)24-48(58)40(63-41(55)30-19-14-11-15-20-30)38-46(9,39(54)36(53)34(26)45(48,7)8)32(52)23-33-47(38,25-60-33)64-27(2)51/h10-15,17-21,28,31-33,35-38,40,52-53,58H,16,22-25H2,1-9H3,(H,49,57)/t28?,31?,32-,33+,35?,36+,37+,38-,40-,46+,47?,48-/m0/s1. The maximum atomic E-state index is 15.2. The molecule has 1 saturated heterocycles. The van der Waals surface area contributed by atoms with Gasteiger partial charge in [-0.25, -0.2) is 14.4 Å². The van der Waals surface area contributed by atoms with Crippen LogP contribution in [0.15, 0.2) is 71.8 Å². The Kier molecular flexibility index (Phi) is 14.2. The van der Waals surface area contributed by atoms with E-state index in [1.807, 2.05) is 0 Å². The van der Waals surface area contributed by atoms with E-state index in [-0.39, 0.29) is 42.8 Å². The van der Waals surface area contributed by atoms with Crippen LogP contribution in [0.2, 0.25) is 0 Å². The molecule has 0 aromatic heterocycles. The van der Waals surface area contributed by atoms with Gasteiger partial charge in [-0.1, -0.05) is 62.4 Å². The van der Waals surface area contributed by atoms with Crippen LogP contribution in [0, 0.1) is 16.7 Å². The summed E-state index contributed by atoms with van der Waals surface area (Å²) in [4.78, 5) is 81.9. The molecule has 3 aliphatic carbocycles. The normalized spacial score (nSPS) is 31.8. The van der Waals surface area contributed by atoms with Gasteiger partial charge in [0.2, 0.25) is 0 Å². The SMILES string of the molecule is CC(=O)OC12CO[C@@H]1C[C@H](O)[C@@]1(C)C(=O)[C@H](O)C3=C(C)C(OC(=O)[C@H](OC(C)OCCC=O)C(NC(=O)OC(C)(C)C)c4ccccc4)C[C@](O)([C@@H](OC(=O)c4ccccc4)[C@H]21)C3(C)C. The quantitative estimate of drug-likeness (QED) is 0.0518. The van der Waals surface area contributed by atoms with Crippen molar-refractivity contribution < 1.29 is 77.2 Å². The molecule has 2 aromatic rings. The first-order valence-corrected chi connectivity index (χ1v) is 21.8. The largest absolute Gasteiger partial charge is 0.456 e. The molecule has 1 aliphatic heterocycles. The van der Waals surface area contributed by atoms with Gasteiger partial charge in [-0.05, 0) is 70.4 Å². The highest BCUT2D eigenvalue weighted by molar-refractivity contribution is 5.94. The molecule has 65 heavy (non-hydrogen) atoms. The highest BCUT2D eigenvalue weighted by Crippen LogP contribution is 2.64. The van der Waals surface area contributed by atoms with Gasteiger partial charge in [0.05, 0.1) is 42.3 Å². The van der Waals surface area contributed by atoms with E-state index in [2.05, 4.69) is 5.32 Å². The van der Waals surface area contributed by atoms with Crippen molar-refractivity contribution in [3.05, 3.63) is 82.9 Å². The van der Waals surface area contributed by atoms with E-state index in [0.29, 0.717) is 11.8 Å². The van der Waals surface area contributed by atoms with E-state index < -0.39 is 119 Å². The molecule has 4 unspecified atom stereocenters. The number of ketones is 1. The third kappa shape index (κ3) is 9.23. The third-order valence-electron chi connectivity index (χ3n) is 13.5. The second-order valence-electron chi connectivity index (χ2n) is 19.1. The Balaban J connectivity index is 1.52. The van der Waals surface area contributed by atoms with Crippen molar-refractivity contribution in [1.82, 2.24) is 5.32 Å². The lowest BCUT2D eigenvalue weighted by Gasteiger charge is -2.67. The van der Waals surface area contributed by atoms with Crippen molar-refractivity contribution in [2.75, 3.05) is 13.2 Å². The van der Waals surface area contributed by atoms with Crippen molar-refractivity contribution in [2.24, 2.45) is 16.7 Å². The molecule has 1 amide bonds. The Morgan fingerprint density at radius 3 is 2.18 bits per heavy atom. The van der Waals surface area contributed by atoms with Crippen LogP contribution in [-0.2, 0) is 52.3 Å². The molecule has 17 nitrogen and oxygen atoms in total. The molecule has 2 saturated carbocycles. The number of fused-ring (bicyclic) bond motifs is 5. The van der Waals surface area contributed by atoms with Gasteiger partial charge in [0, 0.05) is 31.6 Å². The number of alkyl carbamates (subject to hydrolysis) is 1. The highest BCUT2D eigenvalue weighted by atomic mass is 16.7. The Bertz CT molecular complexity index is 2150. The first kappa shape index (κ1) is 49.4. The maximum absolute atomic E-state index is 15.2. The minimum Gasteiger partial charge on any atom is -0.456 e. The van der Waals surface area contributed by atoms with Gasteiger partial charge in [-0.15, -0.1) is 0 Å². The summed E-state index contributed by atoms with van der Waals surface area (Å²) in [6, 6.07) is 14.9. The Morgan fingerprint density at radius 1 is 0.985 bits per heavy atom. The first-order valence-electron chi connectivity index (χ1n) is 21.8. The number of aliphatic hydroxyl groups excluding tert-OH is 2. The summed E-state index contributed by atoms with van der Waals surface area (Å²) in [5.74, 6) is -5.26. The zero-order chi connectivity index (χ0) is 47.9. The van der Waals surface area contributed by atoms with Crippen molar-refractivity contribution >= 4 is 36.1 Å². The number of carbonyl (C=O) groups excluding carboxylic acids is 6. The maximum Gasteiger partial charge on any atom is 0.408 e. The number of carbonyl (C=O) groups is 6. The number of aldehydes is 1. The minimum absolute atomic E-state index is 0.0179. The second-order valence-corrected chi connectivity index (χ2v) is 19.1. The average molecular weight is 908 g/mol. The predicted molar refractivity (Wildman–Crippen MR) is 229 cm³/mol. The lowest BCUT2D eigenvalue weighted by atomic mass is 9.44. The summed E-state index contributed by atoms with van der Waals surface area (Å²) in [6.07, 6.45) is -11.7. The van der Waals surface area contributed by atoms with E-state index in [0.717, 1.165) is 6.92 Å². The third-order valence-corrected chi connectivity index (χ3v) is 13.5. The number of benzene rings is 2. The monoisotopic (exact) mass is 907 g/mol. The molecule has 0 spiro atoms. The van der Waals surface area contributed by atoms with Gasteiger partial charge in [0.15, 0.2) is 23.8 Å².